The van der Waals surface area contributed by atoms with Gasteiger partial charge < -0.3 is 9.32 Å². The fourth-order valence-corrected chi connectivity index (χ4v) is 1.96. The van der Waals surface area contributed by atoms with Crippen molar-refractivity contribution < 1.29 is 4.42 Å². The minimum atomic E-state index is -0.619. The topological polar surface area (TPSA) is 57.2 Å². The van der Waals surface area contributed by atoms with Gasteiger partial charge in [-0.25, -0.2) is 4.79 Å². The van der Waals surface area contributed by atoms with Crippen molar-refractivity contribution in [3.8, 4) is 17.4 Å². The van der Waals surface area contributed by atoms with Crippen LogP contribution in [0.2, 0.25) is 0 Å². The highest BCUT2D eigenvalue weighted by atomic mass is 79.9. The Morgan fingerprint density at radius 1 is 1.26 bits per heavy atom. The van der Waals surface area contributed by atoms with Gasteiger partial charge in [0.2, 0.25) is 0 Å². The minimum absolute atomic E-state index is 0.0193. The van der Waals surface area contributed by atoms with E-state index in [0.29, 0.717) is 11.4 Å². The van der Waals surface area contributed by atoms with Crippen molar-refractivity contribution in [2.45, 2.75) is 0 Å². The molecule has 0 aliphatic carbocycles. The monoisotopic (exact) mass is 318 g/mol. The van der Waals surface area contributed by atoms with Gasteiger partial charge in [-0.1, -0.05) is 28.1 Å². The van der Waals surface area contributed by atoms with Crippen molar-refractivity contribution in [3.05, 3.63) is 50.8 Å². The number of hydrogen-bond acceptors (Lipinski definition) is 4. The third-order valence-corrected chi connectivity index (χ3v) is 3.18. The van der Waals surface area contributed by atoms with Gasteiger partial charge in [-0.15, -0.1) is 0 Å². The van der Waals surface area contributed by atoms with Crippen LogP contribution in [0.5, 0.6) is 0 Å². The third-order valence-electron chi connectivity index (χ3n) is 2.65. The van der Waals surface area contributed by atoms with Crippen LogP contribution < -0.4 is 10.5 Å². The van der Waals surface area contributed by atoms with E-state index in [1.807, 2.05) is 30.3 Å². The van der Waals surface area contributed by atoms with Crippen LogP contribution in [-0.2, 0) is 0 Å². The summed E-state index contributed by atoms with van der Waals surface area (Å²) < 4.78 is 6.14. The number of halogens is 1. The van der Waals surface area contributed by atoms with Gasteiger partial charge in [0.25, 0.3) is 0 Å². The fourth-order valence-electron chi connectivity index (χ4n) is 1.69. The van der Waals surface area contributed by atoms with Crippen molar-refractivity contribution in [2.75, 3.05) is 19.0 Å². The molecule has 0 aliphatic heterocycles. The molecular weight excluding hydrogens is 308 g/mol. The van der Waals surface area contributed by atoms with Crippen LogP contribution in [0.1, 0.15) is 5.56 Å². The van der Waals surface area contributed by atoms with E-state index >= 15 is 0 Å². The molecule has 0 N–H and O–H groups in total. The zero-order valence-electron chi connectivity index (χ0n) is 10.5. The first-order chi connectivity index (χ1) is 9.02. The smallest absolute Gasteiger partial charge is 0.356 e. The Labute approximate surface area is 119 Å². The molecule has 1 aromatic carbocycles. The van der Waals surface area contributed by atoms with Gasteiger partial charge in [0, 0.05) is 30.2 Å². The molecule has 19 heavy (non-hydrogen) atoms. The summed E-state index contributed by atoms with van der Waals surface area (Å²) in [4.78, 5) is 13.5. The molecule has 2 aromatic rings. The van der Waals surface area contributed by atoms with E-state index in [4.69, 9.17) is 9.68 Å². The predicted molar refractivity (Wildman–Crippen MR) is 77.2 cm³/mol. The van der Waals surface area contributed by atoms with E-state index in [0.717, 1.165) is 10.0 Å². The Bertz CT molecular complexity index is 697. The molecule has 0 radical (unpaired) electrons. The lowest BCUT2D eigenvalue weighted by Crippen LogP contribution is -2.16. The van der Waals surface area contributed by atoms with Gasteiger partial charge in [0.1, 0.15) is 11.8 Å². The molecule has 0 aliphatic rings. The SMILES string of the molecule is CN(C)c1cc(-c2ccc(Br)cc2)oc(=O)c1C#N. The zero-order chi connectivity index (χ0) is 14.0. The summed E-state index contributed by atoms with van der Waals surface area (Å²) in [5, 5.41) is 9.00. The maximum absolute atomic E-state index is 11.8. The molecule has 4 nitrogen and oxygen atoms in total. The Morgan fingerprint density at radius 2 is 1.89 bits per heavy atom. The summed E-state index contributed by atoms with van der Waals surface area (Å²) in [5.74, 6) is 0.445. The summed E-state index contributed by atoms with van der Waals surface area (Å²) in [6.45, 7) is 0. The van der Waals surface area contributed by atoms with E-state index in [2.05, 4.69) is 15.9 Å². The normalized spacial score (nSPS) is 10.0. The van der Waals surface area contributed by atoms with E-state index in [9.17, 15) is 4.79 Å². The fraction of sp³-hybridized carbons (Fsp3) is 0.143. The summed E-state index contributed by atoms with van der Waals surface area (Å²) in [5.41, 5.74) is 0.738. The second kappa shape index (κ2) is 5.29. The number of nitriles is 1. The van der Waals surface area contributed by atoms with Gasteiger partial charge in [0.05, 0.1) is 5.69 Å². The molecule has 0 atom stereocenters. The van der Waals surface area contributed by atoms with Gasteiger partial charge >= 0.3 is 5.63 Å². The summed E-state index contributed by atoms with van der Waals surface area (Å²) >= 11 is 3.35. The Morgan fingerprint density at radius 3 is 2.42 bits per heavy atom. The second-order valence-electron chi connectivity index (χ2n) is 4.17. The second-order valence-corrected chi connectivity index (χ2v) is 5.09. The van der Waals surface area contributed by atoms with Gasteiger partial charge in [-0.3, -0.25) is 0 Å². The van der Waals surface area contributed by atoms with Crippen molar-refractivity contribution in [1.29, 1.82) is 5.26 Å². The Kier molecular flexibility index (Phi) is 3.72. The molecule has 0 bridgehead atoms. The van der Waals surface area contributed by atoms with Crippen LogP contribution in [0.3, 0.4) is 0 Å². The van der Waals surface area contributed by atoms with Crippen molar-refractivity contribution in [2.24, 2.45) is 0 Å². The molecule has 0 amide bonds. The molecular formula is C14H11BrN2O2. The average Bonchev–Trinajstić information content (AvgIpc) is 2.38. The summed E-state index contributed by atoms with van der Waals surface area (Å²) in [7, 11) is 3.56. The molecule has 0 saturated carbocycles. The lowest BCUT2D eigenvalue weighted by molar-refractivity contribution is 0.523. The molecule has 2 rings (SSSR count). The molecule has 0 spiro atoms. The van der Waals surface area contributed by atoms with Crippen molar-refractivity contribution in [3.63, 3.8) is 0 Å². The Hall–Kier alpha value is -2.06. The quantitative estimate of drug-likeness (QED) is 0.854. The van der Waals surface area contributed by atoms with Crippen LogP contribution in [0, 0.1) is 11.3 Å². The highest BCUT2D eigenvalue weighted by Gasteiger charge is 2.14. The summed E-state index contributed by atoms with van der Waals surface area (Å²) in [6.07, 6.45) is 0. The summed E-state index contributed by atoms with van der Waals surface area (Å²) in [6, 6.07) is 11.0. The first-order valence-corrected chi connectivity index (χ1v) is 6.33. The molecule has 0 saturated heterocycles. The molecule has 0 fully saturated rings. The van der Waals surface area contributed by atoms with Gasteiger partial charge in [0.15, 0.2) is 5.56 Å². The highest BCUT2D eigenvalue weighted by molar-refractivity contribution is 9.10. The number of anilines is 1. The first-order valence-electron chi connectivity index (χ1n) is 5.54. The molecule has 1 aromatic heterocycles. The maximum atomic E-state index is 11.8. The van der Waals surface area contributed by atoms with E-state index in [1.165, 1.54) is 0 Å². The lowest BCUT2D eigenvalue weighted by Gasteiger charge is -2.14. The number of hydrogen-bond donors (Lipinski definition) is 0. The molecule has 0 unspecified atom stereocenters. The standard InChI is InChI=1S/C14H11BrN2O2/c1-17(2)12-7-13(19-14(18)11(12)8-16)9-3-5-10(15)6-4-9/h3-7H,1-2H3. The minimum Gasteiger partial charge on any atom is -0.422 e. The van der Waals surface area contributed by atoms with Crippen LogP contribution in [0.25, 0.3) is 11.3 Å². The molecule has 1 heterocycles. The average molecular weight is 319 g/mol. The number of nitrogens with zero attached hydrogens (tertiary/aromatic N) is 2. The van der Waals surface area contributed by atoms with Crippen LogP contribution in [0.15, 0.2) is 44.0 Å². The van der Waals surface area contributed by atoms with E-state index < -0.39 is 5.63 Å². The lowest BCUT2D eigenvalue weighted by atomic mass is 10.1. The largest absolute Gasteiger partial charge is 0.422 e. The van der Waals surface area contributed by atoms with Crippen molar-refractivity contribution >= 4 is 21.6 Å². The van der Waals surface area contributed by atoms with Crippen molar-refractivity contribution in [1.82, 2.24) is 0 Å². The van der Waals surface area contributed by atoms with Crippen LogP contribution in [0.4, 0.5) is 5.69 Å². The van der Waals surface area contributed by atoms with E-state index in [-0.39, 0.29) is 5.56 Å². The highest BCUT2D eigenvalue weighted by Crippen LogP contribution is 2.25. The number of rotatable bonds is 2. The third kappa shape index (κ3) is 2.69. The zero-order valence-corrected chi connectivity index (χ0v) is 12.1. The van der Waals surface area contributed by atoms with E-state index in [1.54, 1.807) is 25.1 Å². The van der Waals surface area contributed by atoms with Crippen LogP contribution >= 0.6 is 15.9 Å². The first kappa shape index (κ1) is 13.4. The van der Waals surface area contributed by atoms with Gasteiger partial charge in [-0.2, -0.15) is 5.26 Å². The predicted octanol–water partition coefficient (Wildman–Crippen LogP) is 3.01. The van der Waals surface area contributed by atoms with Gasteiger partial charge in [-0.05, 0) is 12.1 Å². The van der Waals surface area contributed by atoms with Crippen LogP contribution in [-0.4, -0.2) is 14.1 Å². The molecule has 96 valence electrons. The maximum Gasteiger partial charge on any atom is 0.356 e. The number of benzene rings is 1. The Balaban J connectivity index is 2.64. The molecule has 5 heteroatoms.